The number of rotatable bonds is 2. The molecule has 0 aliphatic heterocycles. The normalized spacial score (nSPS) is 12.1. The average Bonchev–Trinajstić information content (AvgIpc) is 3.17. The molecule has 0 saturated heterocycles. The quantitative estimate of drug-likeness (QED) is 0.413. The van der Waals surface area contributed by atoms with Crippen LogP contribution in [0.15, 0.2) is 48.5 Å². The number of fused-ring (bicyclic) bond motifs is 1. The molecule has 0 aliphatic rings. The summed E-state index contributed by atoms with van der Waals surface area (Å²) in [5, 5.41) is 4.60. The Morgan fingerprint density at radius 3 is 2.48 bits per heavy atom. The minimum absolute atomic E-state index is 0.267. The molecule has 2 aromatic carbocycles. The summed E-state index contributed by atoms with van der Waals surface area (Å²) in [6, 6.07) is 12.2. The molecule has 138 valence electrons. The van der Waals surface area contributed by atoms with Gasteiger partial charge in [0.25, 0.3) is 0 Å². The molecule has 0 atom stereocenters. The van der Waals surface area contributed by atoms with E-state index in [1.54, 1.807) is 24.3 Å². The van der Waals surface area contributed by atoms with E-state index in [4.69, 9.17) is 11.6 Å². The van der Waals surface area contributed by atoms with Crippen LogP contribution in [0.25, 0.3) is 33.4 Å². The van der Waals surface area contributed by atoms with E-state index in [9.17, 15) is 17.6 Å². The Hall–Kier alpha value is -2.80. The van der Waals surface area contributed by atoms with Crippen LogP contribution >= 0.6 is 11.6 Å². The van der Waals surface area contributed by atoms with Crippen LogP contribution < -0.4 is 0 Å². The number of alkyl halides is 3. The Morgan fingerprint density at radius 2 is 1.81 bits per heavy atom. The van der Waals surface area contributed by atoms with Crippen LogP contribution in [0.5, 0.6) is 0 Å². The largest absolute Gasteiger partial charge is 0.435 e. The molecule has 8 heteroatoms. The number of nitrogens with zero attached hydrogens (tertiary/aromatic N) is 2. The van der Waals surface area contributed by atoms with Crippen molar-refractivity contribution in [3.63, 3.8) is 0 Å². The van der Waals surface area contributed by atoms with Crippen molar-refractivity contribution in [3.8, 4) is 22.5 Å². The highest BCUT2D eigenvalue weighted by Gasteiger charge is 2.34. The molecule has 0 fully saturated rings. The summed E-state index contributed by atoms with van der Waals surface area (Å²) in [6.07, 6.45) is -4.50. The van der Waals surface area contributed by atoms with Crippen molar-refractivity contribution in [2.45, 2.75) is 6.18 Å². The minimum atomic E-state index is -4.50. The van der Waals surface area contributed by atoms with Gasteiger partial charge in [-0.2, -0.15) is 18.3 Å². The molecule has 2 aromatic heterocycles. The molecule has 0 amide bonds. The Labute approximate surface area is 156 Å². The van der Waals surface area contributed by atoms with E-state index in [-0.39, 0.29) is 5.02 Å². The highest BCUT2D eigenvalue weighted by molar-refractivity contribution is 6.33. The van der Waals surface area contributed by atoms with Gasteiger partial charge in [0, 0.05) is 34.8 Å². The van der Waals surface area contributed by atoms with Crippen molar-refractivity contribution in [2.24, 2.45) is 7.05 Å². The lowest BCUT2D eigenvalue weighted by atomic mass is 10.1. The van der Waals surface area contributed by atoms with Gasteiger partial charge < -0.3 is 4.98 Å². The second-order valence-corrected chi connectivity index (χ2v) is 6.55. The molecule has 1 N–H and O–H groups in total. The zero-order valence-corrected chi connectivity index (χ0v) is 14.7. The van der Waals surface area contributed by atoms with E-state index in [1.807, 2.05) is 6.07 Å². The lowest BCUT2D eigenvalue weighted by Crippen LogP contribution is -2.06. The van der Waals surface area contributed by atoms with Crippen LogP contribution in [-0.4, -0.2) is 14.8 Å². The molecule has 3 nitrogen and oxygen atoms in total. The zero-order chi connectivity index (χ0) is 19.3. The van der Waals surface area contributed by atoms with Gasteiger partial charge in [-0.05, 0) is 42.5 Å². The van der Waals surface area contributed by atoms with Gasteiger partial charge in [0.05, 0.1) is 10.7 Å². The van der Waals surface area contributed by atoms with E-state index >= 15 is 0 Å². The number of aryl methyl sites for hydroxylation is 1. The zero-order valence-electron chi connectivity index (χ0n) is 13.9. The first-order valence-electron chi connectivity index (χ1n) is 7.92. The molecule has 2 heterocycles. The van der Waals surface area contributed by atoms with Crippen molar-refractivity contribution in [3.05, 3.63) is 65.1 Å². The Morgan fingerprint density at radius 1 is 1.04 bits per heavy atom. The maximum absolute atomic E-state index is 13.2. The smallest absolute Gasteiger partial charge is 0.354 e. The molecular formula is C19H12ClF4N3. The predicted molar refractivity (Wildman–Crippen MR) is 95.9 cm³/mol. The fourth-order valence-corrected chi connectivity index (χ4v) is 3.29. The molecule has 0 spiro atoms. The average molecular weight is 394 g/mol. The highest BCUT2D eigenvalue weighted by atomic mass is 35.5. The van der Waals surface area contributed by atoms with Crippen LogP contribution in [-0.2, 0) is 13.2 Å². The van der Waals surface area contributed by atoms with Crippen LogP contribution in [0.2, 0.25) is 5.02 Å². The summed E-state index contributed by atoms with van der Waals surface area (Å²) in [5.41, 5.74) is 2.12. The van der Waals surface area contributed by atoms with Gasteiger partial charge >= 0.3 is 6.18 Å². The molecular weight excluding hydrogens is 382 g/mol. The molecule has 0 aliphatic carbocycles. The Bertz CT molecular complexity index is 1160. The third kappa shape index (κ3) is 3.19. The number of halogens is 5. The standard InChI is InChI=1S/C19H12ClF4N3/c1-27-17(9-18(26-27)19(22,23)24)10-2-5-15-11(6-10)7-16(25-15)13-4-3-12(21)8-14(13)20/h2-9,25H,1H3. The van der Waals surface area contributed by atoms with Gasteiger partial charge in [0.2, 0.25) is 0 Å². The first-order chi connectivity index (χ1) is 12.7. The number of benzene rings is 2. The monoisotopic (exact) mass is 393 g/mol. The van der Waals surface area contributed by atoms with Gasteiger partial charge in [-0.3, -0.25) is 4.68 Å². The summed E-state index contributed by atoms with van der Waals surface area (Å²) in [7, 11) is 1.47. The van der Waals surface area contributed by atoms with Gasteiger partial charge in [0.1, 0.15) is 5.82 Å². The SMILES string of the molecule is Cn1nc(C(F)(F)F)cc1-c1ccc2[nH]c(-c3ccc(F)cc3Cl)cc2c1. The Balaban J connectivity index is 1.79. The summed E-state index contributed by atoms with van der Waals surface area (Å²) in [6.45, 7) is 0. The minimum Gasteiger partial charge on any atom is -0.354 e. The first kappa shape index (κ1) is 17.6. The molecule has 0 unspecified atom stereocenters. The van der Waals surface area contributed by atoms with Crippen LogP contribution in [0.3, 0.4) is 0 Å². The van der Waals surface area contributed by atoms with E-state index in [1.165, 1.54) is 23.9 Å². The van der Waals surface area contributed by atoms with Crippen molar-refractivity contribution in [2.75, 3.05) is 0 Å². The topological polar surface area (TPSA) is 33.6 Å². The second-order valence-electron chi connectivity index (χ2n) is 6.15. The van der Waals surface area contributed by atoms with Crippen LogP contribution in [0.1, 0.15) is 5.69 Å². The third-order valence-electron chi connectivity index (χ3n) is 4.31. The molecule has 27 heavy (non-hydrogen) atoms. The van der Waals surface area contributed by atoms with E-state index in [2.05, 4.69) is 10.1 Å². The lowest BCUT2D eigenvalue weighted by Gasteiger charge is -2.01. The number of aromatic amines is 1. The number of hydrogen-bond donors (Lipinski definition) is 1. The fraction of sp³-hybridized carbons (Fsp3) is 0.105. The summed E-state index contributed by atoms with van der Waals surface area (Å²) >= 11 is 6.11. The summed E-state index contributed by atoms with van der Waals surface area (Å²) in [5.74, 6) is -0.432. The van der Waals surface area contributed by atoms with E-state index in [0.717, 1.165) is 17.0 Å². The summed E-state index contributed by atoms with van der Waals surface area (Å²) in [4.78, 5) is 3.19. The molecule has 0 bridgehead atoms. The maximum Gasteiger partial charge on any atom is 0.435 e. The third-order valence-corrected chi connectivity index (χ3v) is 4.62. The van der Waals surface area contributed by atoms with Crippen molar-refractivity contribution < 1.29 is 17.6 Å². The van der Waals surface area contributed by atoms with Crippen molar-refractivity contribution in [1.29, 1.82) is 0 Å². The van der Waals surface area contributed by atoms with Crippen LogP contribution in [0, 0.1) is 5.82 Å². The number of aromatic nitrogens is 3. The molecule has 0 radical (unpaired) electrons. The van der Waals surface area contributed by atoms with Gasteiger partial charge in [-0.15, -0.1) is 0 Å². The van der Waals surface area contributed by atoms with E-state index < -0.39 is 17.7 Å². The van der Waals surface area contributed by atoms with Crippen molar-refractivity contribution >= 4 is 22.5 Å². The predicted octanol–water partition coefficient (Wildman–Crippen LogP) is 6.05. The Kier molecular flexibility index (Phi) is 3.99. The second kappa shape index (κ2) is 6.13. The molecule has 4 rings (SSSR count). The van der Waals surface area contributed by atoms with Gasteiger partial charge in [0.15, 0.2) is 5.69 Å². The molecule has 4 aromatic rings. The van der Waals surface area contributed by atoms with Gasteiger partial charge in [-0.1, -0.05) is 17.7 Å². The summed E-state index contributed by atoms with van der Waals surface area (Å²) < 4.78 is 53.1. The van der Waals surface area contributed by atoms with Gasteiger partial charge in [-0.25, -0.2) is 4.39 Å². The highest BCUT2D eigenvalue weighted by Crippen LogP contribution is 2.34. The maximum atomic E-state index is 13.2. The lowest BCUT2D eigenvalue weighted by molar-refractivity contribution is -0.141. The van der Waals surface area contributed by atoms with Crippen molar-refractivity contribution in [1.82, 2.24) is 14.8 Å². The fourth-order valence-electron chi connectivity index (χ4n) is 3.02. The molecule has 0 saturated carbocycles. The van der Waals surface area contributed by atoms with Crippen LogP contribution in [0.4, 0.5) is 17.6 Å². The van der Waals surface area contributed by atoms with E-state index in [0.29, 0.717) is 22.5 Å². The number of nitrogens with one attached hydrogen (secondary N) is 1. The number of hydrogen-bond acceptors (Lipinski definition) is 1. The first-order valence-corrected chi connectivity index (χ1v) is 8.30. The number of H-pyrrole nitrogens is 1.